The molecular weight excluding hydrogens is 464 g/mol. The van der Waals surface area contributed by atoms with Gasteiger partial charge in [0.05, 0.1) is 33.0 Å². The standard InChI is InChI=1S/C23H26N2O4S3/c1-15(2)32(27,28)18-9-4-7-16(13-18)22(26)25(14-17-8-6-12-29-17)23-24-21-19(30-3)10-5-11-20(21)31-23/h4-5,7,9-11,13,15,17H,6,8,12,14H2,1-3H3. The first-order chi connectivity index (χ1) is 15.3. The molecule has 6 nitrogen and oxygen atoms in total. The minimum atomic E-state index is -3.49. The Kier molecular flexibility index (Phi) is 6.90. The van der Waals surface area contributed by atoms with Gasteiger partial charge in [-0.1, -0.05) is 23.5 Å². The highest BCUT2D eigenvalue weighted by atomic mass is 32.2. The fourth-order valence-electron chi connectivity index (χ4n) is 3.67. The minimum Gasteiger partial charge on any atom is -0.376 e. The first kappa shape index (κ1) is 23.2. The van der Waals surface area contributed by atoms with Crippen LogP contribution in [-0.2, 0) is 14.6 Å². The first-order valence-electron chi connectivity index (χ1n) is 10.5. The van der Waals surface area contributed by atoms with Crippen molar-refractivity contribution in [3.05, 3.63) is 48.0 Å². The van der Waals surface area contributed by atoms with Crippen LogP contribution in [0.4, 0.5) is 5.13 Å². The van der Waals surface area contributed by atoms with Crippen molar-refractivity contribution in [2.45, 2.75) is 47.8 Å². The van der Waals surface area contributed by atoms with E-state index >= 15 is 0 Å². The molecule has 1 saturated heterocycles. The third-order valence-corrected chi connectivity index (χ3v) is 9.47. The Bertz CT molecular complexity index is 1230. The van der Waals surface area contributed by atoms with Crippen molar-refractivity contribution < 1.29 is 17.9 Å². The van der Waals surface area contributed by atoms with Gasteiger partial charge in [0.15, 0.2) is 15.0 Å². The number of thioether (sulfide) groups is 1. The van der Waals surface area contributed by atoms with Crippen LogP contribution in [0.3, 0.4) is 0 Å². The summed E-state index contributed by atoms with van der Waals surface area (Å²) < 4.78 is 32.1. The van der Waals surface area contributed by atoms with Crippen molar-refractivity contribution in [1.82, 2.24) is 4.98 Å². The van der Waals surface area contributed by atoms with E-state index in [1.165, 1.54) is 17.4 Å². The number of hydrogen-bond acceptors (Lipinski definition) is 7. The SMILES string of the molecule is CSc1cccc2sc(N(CC3CCCO3)C(=O)c3cccc(S(=O)(=O)C(C)C)c3)nc12. The van der Waals surface area contributed by atoms with E-state index in [1.54, 1.807) is 48.7 Å². The number of aromatic nitrogens is 1. The van der Waals surface area contributed by atoms with Crippen LogP contribution in [0.1, 0.15) is 37.0 Å². The summed E-state index contributed by atoms with van der Waals surface area (Å²) in [7, 11) is -3.49. The van der Waals surface area contributed by atoms with E-state index in [2.05, 4.69) is 0 Å². The topological polar surface area (TPSA) is 76.6 Å². The van der Waals surface area contributed by atoms with Crippen molar-refractivity contribution in [2.75, 3.05) is 24.3 Å². The summed E-state index contributed by atoms with van der Waals surface area (Å²) in [5.74, 6) is -0.272. The average Bonchev–Trinajstić information content (AvgIpc) is 3.46. The number of rotatable bonds is 7. The number of para-hydroxylation sites is 1. The van der Waals surface area contributed by atoms with E-state index in [0.29, 0.717) is 23.8 Å². The lowest BCUT2D eigenvalue weighted by Gasteiger charge is -2.23. The molecule has 0 N–H and O–H groups in total. The van der Waals surface area contributed by atoms with Gasteiger partial charge in [0.25, 0.3) is 5.91 Å². The predicted molar refractivity (Wildman–Crippen MR) is 131 cm³/mol. The largest absolute Gasteiger partial charge is 0.376 e. The van der Waals surface area contributed by atoms with Crippen LogP contribution in [0.15, 0.2) is 52.3 Å². The number of carbonyl (C=O) groups is 1. The van der Waals surface area contributed by atoms with Gasteiger partial charge in [-0.05, 0) is 63.3 Å². The summed E-state index contributed by atoms with van der Waals surface area (Å²) in [5, 5.41) is 0.0317. The predicted octanol–water partition coefficient (Wildman–Crippen LogP) is 5.03. The Morgan fingerprint density at radius 2 is 2.06 bits per heavy atom. The van der Waals surface area contributed by atoms with Crippen LogP contribution in [-0.4, -0.2) is 50.1 Å². The van der Waals surface area contributed by atoms with E-state index < -0.39 is 15.1 Å². The number of sulfone groups is 1. The number of nitrogens with zero attached hydrogens (tertiary/aromatic N) is 2. The van der Waals surface area contributed by atoms with E-state index in [1.807, 2.05) is 24.5 Å². The molecule has 9 heteroatoms. The van der Waals surface area contributed by atoms with Crippen LogP contribution in [0.25, 0.3) is 10.2 Å². The maximum Gasteiger partial charge on any atom is 0.260 e. The van der Waals surface area contributed by atoms with E-state index in [9.17, 15) is 13.2 Å². The molecule has 0 spiro atoms. The average molecular weight is 491 g/mol. The molecule has 1 aromatic heterocycles. The second kappa shape index (κ2) is 9.51. The van der Waals surface area contributed by atoms with Crippen molar-refractivity contribution in [2.24, 2.45) is 0 Å². The molecule has 2 heterocycles. The number of fused-ring (bicyclic) bond motifs is 1. The fraction of sp³-hybridized carbons (Fsp3) is 0.391. The van der Waals surface area contributed by atoms with Crippen molar-refractivity contribution in [1.29, 1.82) is 0 Å². The molecule has 4 rings (SSSR count). The molecule has 1 aliphatic heterocycles. The van der Waals surface area contributed by atoms with Crippen LogP contribution >= 0.6 is 23.1 Å². The summed E-state index contributed by atoms with van der Waals surface area (Å²) in [6.07, 6.45) is 3.79. The van der Waals surface area contributed by atoms with Gasteiger partial charge in [-0.25, -0.2) is 13.4 Å². The summed E-state index contributed by atoms with van der Waals surface area (Å²) in [4.78, 5) is 21.3. The molecule has 1 fully saturated rings. The minimum absolute atomic E-state index is 0.0615. The van der Waals surface area contributed by atoms with Crippen molar-refractivity contribution in [3.8, 4) is 0 Å². The van der Waals surface area contributed by atoms with Gasteiger partial charge >= 0.3 is 0 Å². The highest BCUT2D eigenvalue weighted by molar-refractivity contribution is 7.98. The quantitative estimate of drug-likeness (QED) is 0.433. The maximum absolute atomic E-state index is 13.7. The van der Waals surface area contributed by atoms with Crippen LogP contribution in [0.2, 0.25) is 0 Å². The van der Waals surface area contributed by atoms with E-state index in [0.717, 1.165) is 28.0 Å². The number of amides is 1. The summed E-state index contributed by atoms with van der Waals surface area (Å²) in [6, 6.07) is 12.3. The summed E-state index contributed by atoms with van der Waals surface area (Å²) >= 11 is 3.08. The zero-order valence-electron chi connectivity index (χ0n) is 18.3. The van der Waals surface area contributed by atoms with Crippen molar-refractivity contribution >= 4 is 54.2 Å². The Morgan fingerprint density at radius 1 is 1.28 bits per heavy atom. The fourth-order valence-corrected chi connectivity index (χ4v) is 6.40. The third kappa shape index (κ3) is 4.57. The lowest BCUT2D eigenvalue weighted by Crippen LogP contribution is -2.37. The Labute approximate surface area is 196 Å². The molecule has 0 aliphatic carbocycles. The molecule has 1 aliphatic rings. The number of carbonyl (C=O) groups excluding carboxylic acids is 1. The zero-order chi connectivity index (χ0) is 22.9. The van der Waals surface area contributed by atoms with Gasteiger partial charge in [0, 0.05) is 17.1 Å². The molecule has 0 bridgehead atoms. The molecule has 1 amide bonds. The second-order valence-corrected chi connectivity index (χ2v) is 12.3. The number of ether oxygens (including phenoxy) is 1. The molecule has 32 heavy (non-hydrogen) atoms. The van der Waals surface area contributed by atoms with Crippen LogP contribution in [0, 0.1) is 0 Å². The molecule has 2 aromatic carbocycles. The van der Waals surface area contributed by atoms with Gasteiger partial charge in [0.2, 0.25) is 0 Å². The molecule has 170 valence electrons. The van der Waals surface area contributed by atoms with E-state index in [4.69, 9.17) is 9.72 Å². The number of thiazole rings is 1. The molecule has 0 saturated carbocycles. The smallest absolute Gasteiger partial charge is 0.260 e. The highest BCUT2D eigenvalue weighted by Crippen LogP contribution is 2.35. The Hall–Kier alpha value is -1.94. The lowest BCUT2D eigenvalue weighted by atomic mass is 10.2. The highest BCUT2D eigenvalue weighted by Gasteiger charge is 2.28. The van der Waals surface area contributed by atoms with Crippen LogP contribution in [0.5, 0.6) is 0 Å². The molecular formula is C23H26N2O4S3. The van der Waals surface area contributed by atoms with Gasteiger partial charge in [0.1, 0.15) is 0 Å². The zero-order valence-corrected chi connectivity index (χ0v) is 20.7. The van der Waals surface area contributed by atoms with Gasteiger partial charge in [-0.3, -0.25) is 9.69 Å². The molecule has 3 aromatic rings. The normalized spacial score (nSPS) is 16.7. The number of anilines is 1. The number of hydrogen-bond donors (Lipinski definition) is 0. The lowest BCUT2D eigenvalue weighted by molar-refractivity contribution is 0.0917. The van der Waals surface area contributed by atoms with Gasteiger partial charge in [-0.15, -0.1) is 11.8 Å². The monoisotopic (exact) mass is 490 g/mol. The second-order valence-electron chi connectivity index (χ2n) is 7.98. The van der Waals surface area contributed by atoms with Gasteiger partial charge < -0.3 is 4.74 Å². The van der Waals surface area contributed by atoms with Crippen LogP contribution < -0.4 is 4.90 Å². The molecule has 1 unspecified atom stereocenters. The maximum atomic E-state index is 13.7. The molecule has 1 atom stereocenters. The van der Waals surface area contributed by atoms with E-state index in [-0.39, 0.29) is 16.9 Å². The Morgan fingerprint density at radius 3 is 2.75 bits per heavy atom. The van der Waals surface area contributed by atoms with Crippen molar-refractivity contribution in [3.63, 3.8) is 0 Å². The summed E-state index contributed by atoms with van der Waals surface area (Å²) in [5.41, 5.74) is 1.20. The third-order valence-electron chi connectivity index (χ3n) is 5.51. The molecule has 0 radical (unpaired) electrons. The van der Waals surface area contributed by atoms with Gasteiger partial charge in [-0.2, -0.15) is 0 Å². The Balaban J connectivity index is 1.75. The number of benzene rings is 2. The first-order valence-corrected chi connectivity index (χ1v) is 14.1. The summed E-state index contributed by atoms with van der Waals surface area (Å²) in [6.45, 7) is 4.34.